The van der Waals surface area contributed by atoms with Crippen LogP contribution in [0.3, 0.4) is 0 Å². The lowest BCUT2D eigenvalue weighted by Gasteiger charge is -2.29. The van der Waals surface area contributed by atoms with Crippen molar-refractivity contribution in [3.8, 4) is 0 Å². The van der Waals surface area contributed by atoms with Crippen molar-refractivity contribution in [2.45, 2.75) is 25.8 Å². The predicted molar refractivity (Wildman–Crippen MR) is 135 cm³/mol. The maximum Gasteiger partial charge on any atom is 0.286 e. The van der Waals surface area contributed by atoms with Crippen molar-refractivity contribution in [1.82, 2.24) is 5.43 Å². The monoisotopic (exact) mass is 478 g/mol. The number of hydrazine groups is 1. The van der Waals surface area contributed by atoms with Gasteiger partial charge in [0.25, 0.3) is 5.91 Å². The number of hydrogen-bond donors (Lipinski definition) is 1. The first kappa shape index (κ1) is 21.8. The smallest absolute Gasteiger partial charge is 0.285 e. The molecule has 2 aliphatic heterocycles. The van der Waals surface area contributed by atoms with E-state index >= 15 is 0 Å². The number of carbonyl (C=O) groups excluding carboxylic acids is 1. The second-order valence-corrected chi connectivity index (χ2v) is 9.11. The molecule has 2 heterocycles. The van der Waals surface area contributed by atoms with Gasteiger partial charge in [-0.15, -0.1) is 0 Å². The van der Waals surface area contributed by atoms with E-state index < -0.39 is 0 Å². The summed E-state index contributed by atoms with van der Waals surface area (Å²) < 4.78 is 0. The molecule has 5 nitrogen and oxygen atoms in total. The minimum absolute atomic E-state index is 0.111. The first-order chi connectivity index (χ1) is 16.1. The van der Waals surface area contributed by atoms with Crippen LogP contribution in [0.4, 0.5) is 11.4 Å². The molecule has 2 aliphatic rings. The lowest BCUT2D eigenvalue weighted by molar-refractivity contribution is -0.115. The lowest BCUT2D eigenvalue weighted by atomic mass is 9.87. The minimum atomic E-state index is -0.188. The Labute approximate surface area is 203 Å². The van der Waals surface area contributed by atoms with Gasteiger partial charge in [-0.05, 0) is 54.3 Å². The fourth-order valence-corrected chi connectivity index (χ4v) is 5.06. The molecule has 0 spiro atoms. The number of rotatable bonds is 5. The summed E-state index contributed by atoms with van der Waals surface area (Å²) in [5.74, 6) is -0.299. The summed E-state index contributed by atoms with van der Waals surface area (Å²) >= 11 is 12.7. The van der Waals surface area contributed by atoms with Gasteiger partial charge in [0, 0.05) is 17.5 Å². The maximum absolute atomic E-state index is 13.5. The van der Waals surface area contributed by atoms with Crippen LogP contribution in [0.25, 0.3) is 0 Å². The summed E-state index contributed by atoms with van der Waals surface area (Å²) in [6.07, 6.45) is 1.65. The summed E-state index contributed by atoms with van der Waals surface area (Å²) in [5.41, 5.74) is 7.66. The summed E-state index contributed by atoms with van der Waals surface area (Å²) in [4.78, 5) is 13.5. The van der Waals surface area contributed by atoms with Gasteiger partial charge in [-0.2, -0.15) is 5.10 Å². The van der Waals surface area contributed by atoms with Crippen LogP contribution in [-0.4, -0.2) is 18.2 Å². The molecule has 1 N–H and O–H groups in total. The van der Waals surface area contributed by atoms with Gasteiger partial charge in [-0.3, -0.25) is 20.2 Å². The van der Waals surface area contributed by atoms with E-state index in [-0.39, 0.29) is 17.9 Å². The molecule has 3 aromatic carbocycles. The van der Waals surface area contributed by atoms with Gasteiger partial charge >= 0.3 is 0 Å². The van der Waals surface area contributed by atoms with Crippen molar-refractivity contribution < 1.29 is 4.79 Å². The van der Waals surface area contributed by atoms with Gasteiger partial charge in [-0.1, -0.05) is 72.6 Å². The highest BCUT2D eigenvalue weighted by atomic mass is 35.5. The van der Waals surface area contributed by atoms with Crippen molar-refractivity contribution in [2.75, 3.05) is 16.6 Å². The zero-order valence-electron chi connectivity index (χ0n) is 18.2. The molecule has 7 heteroatoms. The first-order valence-corrected chi connectivity index (χ1v) is 11.9. The minimum Gasteiger partial charge on any atom is -0.285 e. The van der Waals surface area contributed by atoms with Crippen LogP contribution in [-0.2, 0) is 11.2 Å². The number of fused-ring (bicyclic) bond motifs is 1. The van der Waals surface area contributed by atoms with Gasteiger partial charge in [0.1, 0.15) is 5.71 Å². The molecular formula is C26H24Cl2N4O. The van der Waals surface area contributed by atoms with Crippen LogP contribution in [0, 0.1) is 5.92 Å². The molecule has 3 aromatic rings. The second kappa shape index (κ2) is 9.08. The topological polar surface area (TPSA) is 47.9 Å². The van der Waals surface area contributed by atoms with E-state index in [1.54, 1.807) is 0 Å². The molecule has 0 saturated heterocycles. The quantitative estimate of drug-likeness (QED) is 0.486. The summed E-state index contributed by atoms with van der Waals surface area (Å²) in [6, 6.07) is 23.3. The second-order valence-electron chi connectivity index (χ2n) is 8.26. The molecule has 33 heavy (non-hydrogen) atoms. The number of nitrogens with zero attached hydrogens (tertiary/aromatic N) is 3. The molecule has 0 unspecified atom stereocenters. The standard InChI is InChI=1S/C26H24Cl2N4O/c1-2-20-24(26(33)30-31-16-15-17-7-3-5-9-22(17)31)29-32(23-10-6-4-8-21(23)28)25(20)18-11-13-19(27)14-12-18/h3-14,20,25H,2,15-16H2,1H3,(H,30,33)/t20-,25-/m0/s1. The van der Waals surface area contributed by atoms with Crippen molar-refractivity contribution in [3.05, 3.63) is 94.0 Å². The van der Waals surface area contributed by atoms with Crippen molar-refractivity contribution in [1.29, 1.82) is 0 Å². The van der Waals surface area contributed by atoms with Gasteiger partial charge < -0.3 is 0 Å². The normalized spacial score (nSPS) is 19.4. The number of anilines is 2. The van der Waals surface area contributed by atoms with Crippen molar-refractivity contribution in [2.24, 2.45) is 11.0 Å². The Kier molecular flexibility index (Phi) is 6.00. The van der Waals surface area contributed by atoms with Crippen LogP contribution in [0.15, 0.2) is 77.9 Å². The number of hydrogen-bond acceptors (Lipinski definition) is 4. The van der Waals surface area contributed by atoms with E-state index in [9.17, 15) is 4.79 Å². The van der Waals surface area contributed by atoms with Gasteiger partial charge in [0.2, 0.25) is 0 Å². The van der Waals surface area contributed by atoms with Crippen LogP contribution < -0.4 is 15.4 Å². The van der Waals surface area contributed by atoms with Crippen LogP contribution in [0.2, 0.25) is 10.0 Å². The van der Waals surface area contributed by atoms with Crippen molar-refractivity contribution in [3.63, 3.8) is 0 Å². The third-order valence-corrected chi connectivity index (χ3v) is 6.89. The zero-order chi connectivity index (χ0) is 22.9. The molecule has 0 aliphatic carbocycles. The Morgan fingerprint density at radius 2 is 1.70 bits per heavy atom. The van der Waals surface area contributed by atoms with E-state index in [1.165, 1.54) is 5.56 Å². The number of hydrazone groups is 1. The number of nitrogens with one attached hydrogen (secondary N) is 1. The summed E-state index contributed by atoms with van der Waals surface area (Å²) in [5, 5.41) is 9.90. The van der Waals surface area contributed by atoms with Crippen LogP contribution >= 0.6 is 23.2 Å². The Bertz CT molecular complexity index is 1210. The van der Waals surface area contributed by atoms with E-state index in [4.69, 9.17) is 28.3 Å². The Morgan fingerprint density at radius 3 is 2.42 bits per heavy atom. The van der Waals surface area contributed by atoms with Gasteiger partial charge in [0.15, 0.2) is 0 Å². The Hall–Kier alpha value is -3.02. The SMILES string of the molecule is CC[C@H]1C(C(=O)NN2CCc3ccccc32)=NN(c2ccccc2Cl)[C@H]1c1ccc(Cl)cc1. The molecule has 0 bridgehead atoms. The highest BCUT2D eigenvalue weighted by molar-refractivity contribution is 6.41. The fourth-order valence-electron chi connectivity index (χ4n) is 4.71. The lowest BCUT2D eigenvalue weighted by Crippen LogP contribution is -2.46. The molecule has 2 atom stereocenters. The molecule has 168 valence electrons. The first-order valence-electron chi connectivity index (χ1n) is 11.1. The van der Waals surface area contributed by atoms with E-state index in [2.05, 4.69) is 18.4 Å². The number of benzene rings is 3. The van der Waals surface area contributed by atoms with E-state index in [0.717, 1.165) is 36.3 Å². The van der Waals surface area contributed by atoms with Crippen LogP contribution in [0.1, 0.15) is 30.5 Å². The van der Waals surface area contributed by atoms with E-state index in [0.29, 0.717) is 15.8 Å². The number of carbonyl (C=O) groups is 1. The molecule has 0 radical (unpaired) electrons. The number of amides is 1. The molecule has 0 saturated carbocycles. The largest absolute Gasteiger partial charge is 0.286 e. The number of halogens is 2. The zero-order valence-corrected chi connectivity index (χ0v) is 19.7. The summed E-state index contributed by atoms with van der Waals surface area (Å²) in [6.45, 7) is 2.82. The molecule has 0 fully saturated rings. The third kappa shape index (κ3) is 4.07. The number of para-hydroxylation sites is 2. The Balaban J connectivity index is 1.51. The highest BCUT2D eigenvalue weighted by Gasteiger charge is 2.42. The molecular weight excluding hydrogens is 455 g/mol. The predicted octanol–water partition coefficient (Wildman–Crippen LogP) is 6.03. The Morgan fingerprint density at radius 1 is 1.00 bits per heavy atom. The van der Waals surface area contributed by atoms with Gasteiger partial charge in [-0.25, -0.2) is 0 Å². The average Bonchev–Trinajstić information content (AvgIpc) is 3.42. The van der Waals surface area contributed by atoms with E-state index in [1.807, 2.05) is 76.7 Å². The molecule has 1 amide bonds. The molecule has 5 rings (SSSR count). The van der Waals surface area contributed by atoms with Crippen molar-refractivity contribution >= 4 is 46.2 Å². The highest BCUT2D eigenvalue weighted by Crippen LogP contribution is 2.43. The average molecular weight is 479 g/mol. The summed E-state index contributed by atoms with van der Waals surface area (Å²) in [7, 11) is 0. The van der Waals surface area contributed by atoms with Gasteiger partial charge in [0.05, 0.1) is 22.4 Å². The third-order valence-electron chi connectivity index (χ3n) is 6.32. The fraction of sp³-hybridized carbons (Fsp3) is 0.231. The maximum atomic E-state index is 13.5. The molecule has 0 aromatic heterocycles. The van der Waals surface area contributed by atoms with Crippen LogP contribution in [0.5, 0.6) is 0 Å².